The summed E-state index contributed by atoms with van der Waals surface area (Å²) in [5, 5.41) is 11.5. The van der Waals surface area contributed by atoms with E-state index in [1.165, 1.54) is 0 Å². The summed E-state index contributed by atoms with van der Waals surface area (Å²) in [4.78, 5) is 33.2. The second-order valence-electron chi connectivity index (χ2n) is 7.41. The second kappa shape index (κ2) is 10.7. The number of carbonyl (C=O) groups excluding carboxylic acids is 2. The monoisotopic (exact) mass is 452 g/mol. The zero-order valence-electron chi connectivity index (χ0n) is 18.6. The van der Waals surface area contributed by atoms with Gasteiger partial charge in [-0.3, -0.25) is 9.78 Å². The number of rotatable bonds is 7. The van der Waals surface area contributed by atoms with E-state index in [9.17, 15) is 9.59 Å². The molecule has 0 saturated carbocycles. The van der Waals surface area contributed by atoms with E-state index < -0.39 is 0 Å². The van der Waals surface area contributed by atoms with Gasteiger partial charge in [0.1, 0.15) is 5.82 Å². The molecule has 0 fully saturated rings. The van der Waals surface area contributed by atoms with Crippen LogP contribution in [-0.4, -0.2) is 29.0 Å². The van der Waals surface area contributed by atoms with Gasteiger partial charge in [-0.1, -0.05) is 36.4 Å². The van der Waals surface area contributed by atoms with E-state index in [1.54, 1.807) is 43.7 Å². The SMILES string of the molecule is CNC(=O)c1ccc(-c2ccc(NC(=O)NCc3cccnc3)cc2)nc1Nc1ccccc1. The zero-order valence-corrected chi connectivity index (χ0v) is 18.6. The molecule has 4 rings (SSSR count). The number of benzene rings is 2. The predicted octanol–water partition coefficient (Wildman–Crippen LogP) is 4.57. The molecule has 2 heterocycles. The Bertz CT molecular complexity index is 1260. The number of hydrogen-bond donors (Lipinski definition) is 4. The third kappa shape index (κ3) is 5.74. The van der Waals surface area contributed by atoms with Gasteiger partial charge in [0.2, 0.25) is 0 Å². The maximum atomic E-state index is 12.3. The van der Waals surface area contributed by atoms with Crippen LogP contribution in [0.15, 0.2) is 91.3 Å². The normalized spacial score (nSPS) is 10.3. The van der Waals surface area contributed by atoms with E-state index >= 15 is 0 Å². The average Bonchev–Trinajstić information content (AvgIpc) is 2.89. The molecule has 0 saturated heterocycles. The molecular formula is C26H24N6O2. The predicted molar refractivity (Wildman–Crippen MR) is 133 cm³/mol. The minimum absolute atomic E-state index is 0.227. The number of aromatic nitrogens is 2. The fraction of sp³-hybridized carbons (Fsp3) is 0.0769. The Labute approximate surface area is 197 Å². The summed E-state index contributed by atoms with van der Waals surface area (Å²) in [5.74, 6) is 0.231. The quantitative estimate of drug-likeness (QED) is 0.329. The Kier molecular flexibility index (Phi) is 7.09. The maximum absolute atomic E-state index is 12.3. The van der Waals surface area contributed by atoms with Crippen molar-refractivity contribution in [3.8, 4) is 11.3 Å². The highest BCUT2D eigenvalue weighted by Gasteiger charge is 2.14. The van der Waals surface area contributed by atoms with Gasteiger partial charge < -0.3 is 21.3 Å². The number of anilines is 3. The summed E-state index contributed by atoms with van der Waals surface area (Å²) in [6.45, 7) is 0.385. The van der Waals surface area contributed by atoms with E-state index in [1.807, 2.05) is 54.6 Å². The Morgan fingerprint density at radius 2 is 1.65 bits per heavy atom. The molecule has 0 aliphatic heterocycles. The lowest BCUT2D eigenvalue weighted by Gasteiger charge is -2.13. The molecule has 2 aromatic heterocycles. The van der Waals surface area contributed by atoms with Gasteiger partial charge in [-0.15, -0.1) is 0 Å². The van der Waals surface area contributed by atoms with Crippen LogP contribution >= 0.6 is 0 Å². The summed E-state index contributed by atoms with van der Waals surface area (Å²) in [5.41, 5.74) is 4.38. The third-order valence-corrected chi connectivity index (χ3v) is 5.02. The van der Waals surface area contributed by atoms with Gasteiger partial charge in [-0.25, -0.2) is 9.78 Å². The molecule has 8 nitrogen and oxygen atoms in total. The lowest BCUT2D eigenvalue weighted by atomic mass is 10.1. The molecule has 0 bridgehead atoms. The van der Waals surface area contributed by atoms with Crippen molar-refractivity contribution in [3.63, 3.8) is 0 Å². The fourth-order valence-corrected chi connectivity index (χ4v) is 3.28. The number of carbonyl (C=O) groups is 2. The molecule has 0 aliphatic rings. The fourth-order valence-electron chi connectivity index (χ4n) is 3.28. The molecule has 4 aromatic rings. The van der Waals surface area contributed by atoms with Crippen molar-refractivity contribution in [1.82, 2.24) is 20.6 Å². The topological polar surface area (TPSA) is 108 Å². The van der Waals surface area contributed by atoms with E-state index in [0.717, 1.165) is 16.8 Å². The minimum Gasteiger partial charge on any atom is -0.355 e. The van der Waals surface area contributed by atoms with E-state index in [2.05, 4.69) is 31.2 Å². The number of urea groups is 1. The third-order valence-electron chi connectivity index (χ3n) is 5.02. The first-order valence-electron chi connectivity index (χ1n) is 10.7. The molecule has 4 N–H and O–H groups in total. The van der Waals surface area contributed by atoms with Crippen LogP contribution in [0.2, 0.25) is 0 Å². The van der Waals surface area contributed by atoms with Crippen LogP contribution in [0, 0.1) is 0 Å². The smallest absolute Gasteiger partial charge is 0.319 e. The van der Waals surface area contributed by atoms with Gasteiger partial charge in [0.05, 0.1) is 11.3 Å². The lowest BCUT2D eigenvalue weighted by molar-refractivity contribution is 0.0963. The zero-order chi connectivity index (χ0) is 23.8. The van der Waals surface area contributed by atoms with Crippen molar-refractivity contribution in [1.29, 1.82) is 0 Å². The van der Waals surface area contributed by atoms with Crippen LogP contribution in [0.1, 0.15) is 15.9 Å². The van der Waals surface area contributed by atoms with Gasteiger partial charge in [-0.2, -0.15) is 0 Å². The number of hydrogen-bond acceptors (Lipinski definition) is 5. The minimum atomic E-state index is -0.306. The van der Waals surface area contributed by atoms with Crippen LogP contribution in [0.5, 0.6) is 0 Å². The molecule has 0 atom stereocenters. The average molecular weight is 453 g/mol. The summed E-state index contributed by atoms with van der Waals surface area (Å²) in [6, 6.07) is 23.8. The Balaban J connectivity index is 1.47. The summed E-state index contributed by atoms with van der Waals surface area (Å²) < 4.78 is 0. The molecule has 0 unspecified atom stereocenters. The van der Waals surface area contributed by atoms with Gasteiger partial charge in [0, 0.05) is 42.9 Å². The van der Waals surface area contributed by atoms with Crippen LogP contribution in [0.4, 0.5) is 22.0 Å². The summed E-state index contributed by atoms with van der Waals surface area (Å²) in [6.07, 6.45) is 3.39. The molecule has 0 spiro atoms. The number of nitrogens with zero attached hydrogens (tertiary/aromatic N) is 2. The van der Waals surface area contributed by atoms with Crippen LogP contribution in [0.25, 0.3) is 11.3 Å². The maximum Gasteiger partial charge on any atom is 0.319 e. The highest BCUT2D eigenvalue weighted by atomic mass is 16.2. The first kappa shape index (κ1) is 22.5. The lowest BCUT2D eigenvalue weighted by Crippen LogP contribution is -2.28. The molecule has 0 radical (unpaired) electrons. The summed E-state index contributed by atoms with van der Waals surface area (Å²) >= 11 is 0. The first-order chi connectivity index (χ1) is 16.6. The highest BCUT2D eigenvalue weighted by Crippen LogP contribution is 2.25. The molecular weight excluding hydrogens is 428 g/mol. The Hall–Kier alpha value is -4.72. The first-order valence-corrected chi connectivity index (χ1v) is 10.7. The van der Waals surface area contributed by atoms with Crippen molar-refractivity contribution >= 4 is 29.1 Å². The second-order valence-corrected chi connectivity index (χ2v) is 7.41. The number of pyridine rings is 2. The van der Waals surface area contributed by atoms with Gasteiger partial charge in [0.15, 0.2) is 0 Å². The van der Waals surface area contributed by atoms with E-state index in [0.29, 0.717) is 29.3 Å². The highest BCUT2D eigenvalue weighted by molar-refractivity contribution is 5.99. The number of para-hydroxylation sites is 1. The molecule has 34 heavy (non-hydrogen) atoms. The van der Waals surface area contributed by atoms with Gasteiger partial charge in [0.25, 0.3) is 5.91 Å². The number of amides is 3. The van der Waals surface area contributed by atoms with E-state index in [-0.39, 0.29) is 11.9 Å². The molecule has 2 aromatic carbocycles. The molecule has 8 heteroatoms. The van der Waals surface area contributed by atoms with Crippen LogP contribution in [-0.2, 0) is 6.54 Å². The van der Waals surface area contributed by atoms with Crippen molar-refractivity contribution in [2.45, 2.75) is 6.54 Å². The Morgan fingerprint density at radius 3 is 2.35 bits per heavy atom. The van der Waals surface area contributed by atoms with Crippen LogP contribution in [0.3, 0.4) is 0 Å². The largest absolute Gasteiger partial charge is 0.355 e. The standard InChI is InChI=1S/C26H24N6O2/c1-27-25(33)22-13-14-23(32-24(22)30-20-7-3-2-4-8-20)19-9-11-21(12-10-19)31-26(34)29-17-18-6-5-15-28-16-18/h2-16H,17H2,1H3,(H,27,33)(H,30,32)(H2,29,31,34). The number of nitrogens with one attached hydrogen (secondary N) is 4. The summed E-state index contributed by atoms with van der Waals surface area (Å²) in [7, 11) is 1.58. The van der Waals surface area contributed by atoms with Crippen molar-refractivity contribution in [2.75, 3.05) is 17.7 Å². The Morgan fingerprint density at radius 1 is 0.853 bits per heavy atom. The van der Waals surface area contributed by atoms with Crippen molar-refractivity contribution in [3.05, 3.63) is 102 Å². The molecule has 3 amide bonds. The van der Waals surface area contributed by atoms with Crippen molar-refractivity contribution < 1.29 is 9.59 Å². The molecule has 0 aliphatic carbocycles. The van der Waals surface area contributed by atoms with Crippen molar-refractivity contribution in [2.24, 2.45) is 0 Å². The molecule has 170 valence electrons. The van der Waals surface area contributed by atoms with Crippen LogP contribution < -0.4 is 21.3 Å². The van der Waals surface area contributed by atoms with Gasteiger partial charge in [-0.05, 0) is 48.0 Å². The van der Waals surface area contributed by atoms with Gasteiger partial charge >= 0.3 is 6.03 Å². The van der Waals surface area contributed by atoms with E-state index in [4.69, 9.17) is 0 Å².